The summed E-state index contributed by atoms with van der Waals surface area (Å²) in [6.45, 7) is 0.308. The van der Waals surface area contributed by atoms with Crippen LogP contribution in [-0.2, 0) is 3.74 Å². The Hall–Kier alpha value is -2.17. The molecule has 1 heterocycles. The summed E-state index contributed by atoms with van der Waals surface area (Å²) in [5.74, 6) is 0.634. The van der Waals surface area contributed by atoms with Gasteiger partial charge in [0.05, 0.1) is 0 Å². The maximum atomic E-state index is 11.2. The molecule has 0 saturated carbocycles. The molecule has 136 valence electrons. The predicted molar refractivity (Wildman–Crippen MR) is 91.2 cm³/mol. The van der Waals surface area contributed by atoms with Crippen LogP contribution in [0.1, 0.15) is 0 Å². The Bertz CT molecular complexity index is 712. The summed E-state index contributed by atoms with van der Waals surface area (Å²) in [4.78, 5) is 12.4. The molecule has 0 spiro atoms. The number of hydrogen-bond acceptors (Lipinski definition) is 9. The molecule has 0 fully saturated rings. The second kappa shape index (κ2) is 8.79. The van der Waals surface area contributed by atoms with Gasteiger partial charge in [-0.25, -0.2) is 0 Å². The summed E-state index contributed by atoms with van der Waals surface area (Å²) in [5.41, 5.74) is 0.528. The zero-order chi connectivity index (χ0) is 18.3. The Balaban J connectivity index is 2.20. The van der Waals surface area contributed by atoms with Gasteiger partial charge in [0.15, 0.2) is 0 Å². The molecule has 0 unspecified atom stereocenters. The van der Waals surface area contributed by atoms with Gasteiger partial charge < -0.3 is 0 Å². The second-order valence-electron chi connectivity index (χ2n) is 4.82. The van der Waals surface area contributed by atoms with Gasteiger partial charge in [-0.3, -0.25) is 0 Å². The van der Waals surface area contributed by atoms with Gasteiger partial charge in [0.1, 0.15) is 0 Å². The number of anilines is 4. The molecule has 0 amide bonds. The molecule has 0 radical (unpaired) electrons. The molecular formula is C13H19AsN6O5. The van der Waals surface area contributed by atoms with Crippen LogP contribution in [0.3, 0.4) is 0 Å². The molecule has 0 aliphatic heterocycles. The first-order valence-corrected chi connectivity index (χ1v) is 10.7. The molecular weight excluding hydrogens is 395 g/mol. The van der Waals surface area contributed by atoms with E-state index in [9.17, 15) is 3.74 Å². The number of aliphatic hydroxyl groups is 2. The zero-order valence-electron chi connectivity index (χ0n) is 13.1. The molecule has 25 heavy (non-hydrogen) atoms. The zero-order valence-corrected chi connectivity index (χ0v) is 15.0. The predicted octanol–water partition coefficient (Wildman–Crippen LogP) is -2.02. The van der Waals surface area contributed by atoms with E-state index in [0.29, 0.717) is 5.69 Å². The van der Waals surface area contributed by atoms with Gasteiger partial charge in [-0.1, -0.05) is 0 Å². The molecule has 1 aromatic heterocycles. The maximum absolute atomic E-state index is 11.2. The van der Waals surface area contributed by atoms with Crippen LogP contribution in [-0.4, -0.2) is 73.8 Å². The van der Waals surface area contributed by atoms with Crippen LogP contribution < -0.4 is 20.3 Å². The molecule has 2 aromatic rings. The molecule has 0 bridgehead atoms. The third-order valence-corrected chi connectivity index (χ3v) is 4.92. The van der Waals surface area contributed by atoms with Gasteiger partial charge in [-0.05, 0) is 0 Å². The third-order valence-electron chi connectivity index (χ3n) is 2.89. The summed E-state index contributed by atoms with van der Waals surface area (Å²) >= 11 is -4.92. The van der Waals surface area contributed by atoms with Gasteiger partial charge in [-0.2, -0.15) is 0 Å². The monoisotopic (exact) mass is 414 g/mol. The Kier molecular flexibility index (Phi) is 6.73. The van der Waals surface area contributed by atoms with Crippen LogP contribution in [0.25, 0.3) is 0 Å². The topological polar surface area (TPSA) is 173 Å². The number of aromatic nitrogens is 3. The second-order valence-corrected chi connectivity index (χ2v) is 8.19. The molecule has 7 N–H and O–H groups in total. The van der Waals surface area contributed by atoms with Crippen LogP contribution in [0.15, 0.2) is 24.3 Å². The third kappa shape index (κ3) is 6.00. The van der Waals surface area contributed by atoms with Crippen LogP contribution in [0.5, 0.6) is 0 Å². The van der Waals surface area contributed by atoms with E-state index in [4.69, 9.17) is 18.4 Å². The fourth-order valence-electron chi connectivity index (χ4n) is 1.79. The van der Waals surface area contributed by atoms with Crippen molar-refractivity contribution in [3.63, 3.8) is 0 Å². The standard InChI is InChI=1S/C13H19AsN6O5/c21-7-5-15-11-18-12(16-6-8-22)20-13(19-11)17-10-3-1-9(2-4-10)14(23,24)25/h1-4,21-22H,5-8H2,(H2,23,24,25)(H3,15,16,17,18,19,20). The SMILES string of the molecule is O=[As](O)(O)c1ccc(Nc2nc(NCCO)nc(NCCO)n2)cc1. The van der Waals surface area contributed by atoms with Gasteiger partial charge in [-0.15, -0.1) is 0 Å². The van der Waals surface area contributed by atoms with Crippen molar-refractivity contribution < 1.29 is 22.1 Å². The number of rotatable bonds is 9. The number of nitrogens with one attached hydrogen (secondary N) is 3. The van der Waals surface area contributed by atoms with Crippen LogP contribution in [0.4, 0.5) is 23.5 Å². The van der Waals surface area contributed by atoms with E-state index in [1.165, 1.54) is 24.3 Å². The normalized spacial score (nSPS) is 11.2. The van der Waals surface area contributed by atoms with Gasteiger partial charge in [0.25, 0.3) is 0 Å². The summed E-state index contributed by atoms with van der Waals surface area (Å²) < 4.78 is 29.5. The minimum atomic E-state index is -4.92. The van der Waals surface area contributed by atoms with E-state index < -0.39 is 14.2 Å². The van der Waals surface area contributed by atoms with Gasteiger partial charge in [0.2, 0.25) is 0 Å². The Morgan fingerprint density at radius 3 is 1.76 bits per heavy atom. The van der Waals surface area contributed by atoms with Crippen molar-refractivity contribution in [2.75, 3.05) is 42.3 Å². The first-order valence-electron chi connectivity index (χ1n) is 7.31. The Labute approximate surface area is 146 Å². The first kappa shape index (κ1) is 19.2. The van der Waals surface area contributed by atoms with Crippen molar-refractivity contribution in [1.29, 1.82) is 0 Å². The van der Waals surface area contributed by atoms with Crippen molar-refractivity contribution in [2.45, 2.75) is 0 Å². The molecule has 0 saturated heterocycles. The van der Waals surface area contributed by atoms with Crippen molar-refractivity contribution in [2.24, 2.45) is 0 Å². The van der Waals surface area contributed by atoms with E-state index in [2.05, 4.69) is 30.9 Å². The van der Waals surface area contributed by atoms with E-state index >= 15 is 0 Å². The molecule has 0 atom stereocenters. The summed E-state index contributed by atoms with van der Waals surface area (Å²) in [6, 6.07) is 5.67. The van der Waals surface area contributed by atoms with Crippen LogP contribution in [0, 0.1) is 0 Å². The molecule has 12 heteroatoms. The van der Waals surface area contributed by atoms with Crippen molar-refractivity contribution in [3.05, 3.63) is 24.3 Å². The van der Waals surface area contributed by atoms with Crippen LogP contribution >= 0.6 is 0 Å². The van der Waals surface area contributed by atoms with Crippen molar-refractivity contribution in [3.8, 4) is 0 Å². The first-order chi connectivity index (χ1) is 11.9. The number of nitrogens with zero attached hydrogens (tertiary/aromatic N) is 3. The van der Waals surface area contributed by atoms with E-state index in [1.54, 1.807) is 0 Å². The van der Waals surface area contributed by atoms with Crippen molar-refractivity contribution in [1.82, 2.24) is 15.0 Å². The quantitative estimate of drug-likeness (QED) is 0.226. The molecule has 11 nitrogen and oxygen atoms in total. The van der Waals surface area contributed by atoms with E-state index in [0.717, 1.165) is 0 Å². The van der Waals surface area contributed by atoms with Gasteiger partial charge in [0, 0.05) is 0 Å². The number of hydrogen-bond donors (Lipinski definition) is 7. The van der Waals surface area contributed by atoms with Gasteiger partial charge >= 0.3 is 146 Å². The summed E-state index contributed by atoms with van der Waals surface area (Å²) in [7, 11) is 0. The fourth-order valence-corrected chi connectivity index (χ4v) is 2.92. The van der Waals surface area contributed by atoms with Crippen LogP contribution in [0.2, 0.25) is 0 Å². The summed E-state index contributed by atoms with van der Waals surface area (Å²) in [5, 5.41) is 26.3. The summed E-state index contributed by atoms with van der Waals surface area (Å²) in [6.07, 6.45) is 0. The average Bonchev–Trinajstić information content (AvgIpc) is 2.58. The van der Waals surface area contributed by atoms with Crippen molar-refractivity contribution >= 4 is 42.1 Å². The van der Waals surface area contributed by atoms with E-state index in [1.807, 2.05) is 0 Å². The average molecular weight is 414 g/mol. The molecule has 2 rings (SSSR count). The molecule has 0 aliphatic rings. The van der Waals surface area contributed by atoms with E-state index in [-0.39, 0.29) is 48.5 Å². The Morgan fingerprint density at radius 2 is 1.32 bits per heavy atom. The molecule has 0 aliphatic carbocycles. The fraction of sp³-hybridized carbons (Fsp3) is 0.308. The Morgan fingerprint density at radius 1 is 0.840 bits per heavy atom. The molecule has 1 aromatic carbocycles. The number of aliphatic hydroxyl groups excluding tert-OH is 2. The minimum absolute atomic E-state index is 0.0325. The number of benzene rings is 1.